The number of nitrogens with one attached hydrogen (secondary N) is 1. The van der Waals surface area contributed by atoms with Crippen molar-refractivity contribution >= 4 is 37.0 Å². The summed E-state index contributed by atoms with van der Waals surface area (Å²) in [5, 5.41) is 6.86. The molecule has 3 N–H and O–H groups in total. The molecule has 0 amide bonds. The second-order valence-corrected chi connectivity index (χ2v) is 12.0. The van der Waals surface area contributed by atoms with E-state index < -0.39 is 62.2 Å². The lowest BCUT2D eigenvalue weighted by molar-refractivity contribution is -0.169. The van der Waals surface area contributed by atoms with Crippen LogP contribution in [0, 0.1) is 0 Å². The Morgan fingerprint density at radius 3 is 2.50 bits per heavy atom. The van der Waals surface area contributed by atoms with E-state index in [9.17, 15) is 18.9 Å². The predicted octanol–water partition coefficient (Wildman–Crippen LogP) is 3.14. The summed E-state index contributed by atoms with van der Waals surface area (Å²) in [4.78, 5) is 41.0. The molecule has 0 spiro atoms. The van der Waals surface area contributed by atoms with E-state index >= 15 is 0 Å². The molecule has 1 aliphatic heterocycles. The maximum absolute atomic E-state index is 14.1. The van der Waals surface area contributed by atoms with Gasteiger partial charge in [-0.3, -0.25) is 18.9 Å². The highest BCUT2D eigenvalue weighted by atomic mass is 31.2. The maximum Gasteiger partial charge on any atom is 0.459 e. The quantitative estimate of drug-likeness (QED) is 0.158. The third kappa shape index (κ3) is 7.53. The Bertz CT molecular complexity index is 1540. The van der Waals surface area contributed by atoms with Crippen molar-refractivity contribution in [2.45, 2.75) is 71.0 Å². The van der Waals surface area contributed by atoms with Gasteiger partial charge in [0.2, 0.25) is 0 Å². The Morgan fingerprint density at radius 1 is 1.14 bits per heavy atom. The molecule has 3 aromatic rings. The summed E-state index contributed by atoms with van der Waals surface area (Å²) in [6.45, 7) is 6.90. The Labute approximate surface area is 253 Å². The highest BCUT2D eigenvalue weighted by Gasteiger charge is 2.58. The molecule has 16 heteroatoms. The molecule has 0 unspecified atom stereocenters. The lowest BCUT2D eigenvalue weighted by atomic mass is 9.96. The number of carbonyl (C=O) groups excluding carboxylic acids is 3. The number of ether oxygens (including phenoxy) is 4. The molecule has 0 aliphatic carbocycles. The molecule has 15 nitrogen and oxygen atoms in total. The van der Waals surface area contributed by atoms with E-state index in [2.05, 4.69) is 15.2 Å². The molecule has 4 rings (SSSR count). The number of para-hydroxylation sites is 1. The fourth-order valence-corrected chi connectivity index (χ4v) is 6.28. The first kappa shape index (κ1) is 32.9. The van der Waals surface area contributed by atoms with Crippen LogP contribution in [0.3, 0.4) is 0 Å². The number of fused-ring (bicyclic) bond motifs is 1. The van der Waals surface area contributed by atoms with Crippen LogP contribution >= 0.6 is 7.75 Å². The molecule has 1 aromatic carbocycles. The van der Waals surface area contributed by atoms with Gasteiger partial charge in [-0.1, -0.05) is 25.1 Å². The van der Waals surface area contributed by atoms with Crippen LogP contribution < -0.4 is 15.3 Å². The number of esters is 3. The minimum Gasteiger partial charge on any atom is -0.465 e. The van der Waals surface area contributed by atoms with E-state index in [1.54, 1.807) is 49.4 Å². The largest absolute Gasteiger partial charge is 0.465 e. The zero-order valence-corrected chi connectivity index (χ0v) is 25.9. The fourth-order valence-electron chi connectivity index (χ4n) is 4.69. The smallest absolute Gasteiger partial charge is 0.459 e. The van der Waals surface area contributed by atoms with E-state index in [1.165, 1.54) is 31.6 Å². The summed E-state index contributed by atoms with van der Waals surface area (Å²) >= 11 is 0. The second-order valence-electron chi connectivity index (χ2n) is 10.3. The number of hydrogen-bond donors (Lipinski definition) is 2. The highest BCUT2D eigenvalue weighted by molar-refractivity contribution is 7.52. The van der Waals surface area contributed by atoms with Crippen LogP contribution in [0.25, 0.3) is 5.52 Å². The summed E-state index contributed by atoms with van der Waals surface area (Å²) in [5.74, 6) is -1.63. The highest BCUT2D eigenvalue weighted by Crippen LogP contribution is 2.49. The zero-order valence-electron chi connectivity index (χ0n) is 25.0. The Hall–Kier alpha value is -4.04. The molecule has 1 aliphatic rings. The SMILES string of the molecule is CCCOC(=O)[C@H](C)N[P@](=O)(OC[C@@]1(C)O[C@@H](c2ccc3c(N)ncnn23)[C@H](OC(C)=O)[C@@H]1OC(C)=O)Oc1ccccc1. The first-order chi connectivity index (χ1) is 20.9. The molecule has 3 heterocycles. The number of carbonyl (C=O) groups is 3. The topological polar surface area (TPSA) is 192 Å². The molecule has 1 fully saturated rings. The van der Waals surface area contributed by atoms with Crippen LogP contribution in [0.5, 0.6) is 5.75 Å². The van der Waals surface area contributed by atoms with Crippen molar-refractivity contribution in [1.29, 1.82) is 0 Å². The van der Waals surface area contributed by atoms with Gasteiger partial charge in [-0.05, 0) is 44.5 Å². The molecule has 0 radical (unpaired) electrons. The number of benzene rings is 1. The Morgan fingerprint density at radius 2 is 1.84 bits per heavy atom. The van der Waals surface area contributed by atoms with Gasteiger partial charge >= 0.3 is 25.7 Å². The van der Waals surface area contributed by atoms with E-state index in [-0.39, 0.29) is 18.2 Å². The van der Waals surface area contributed by atoms with E-state index in [0.717, 1.165) is 0 Å². The predicted molar refractivity (Wildman–Crippen MR) is 155 cm³/mol. The van der Waals surface area contributed by atoms with Gasteiger partial charge in [0, 0.05) is 13.8 Å². The lowest BCUT2D eigenvalue weighted by Gasteiger charge is -2.32. The number of anilines is 1. The van der Waals surface area contributed by atoms with Crippen LogP contribution in [0.4, 0.5) is 5.82 Å². The van der Waals surface area contributed by atoms with Crippen LogP contribution in [0.2, 0.25) is 0 Å². The standard InChI is InChI=1S/C28H36N5O10P/c1-6-14-38-27(36)17(2)32-44(37,43-20-10-8-7-9-11-20)39-15-28(5)25(41-19(4)35)24(40-18(3)34)23(42-28)21-12-13-22-26(29)30-16-31-33(21)22/h7-13,16-17,23-25H,6,14-15H2,1-5H3,(H,32,37)(H2,29,30,31)/t17-,23-,24-,25-,28+,44-/m0/s1. The molecule has 0 bridgehead atoms. The van der Waals surface area contributed by atoms with E-state index in [1.807, 2.05) is 6.92 Å². The van der Waals surface area contributed by atoms with Gasteiger partial charge in [-0.25, -0.2) is 14.1 Å². The van der Waals surface area contributed by atoms with Gasteiger partial charge in [-0.15, -0.1) is 0 Å². The second kappa shape index (κ2) is 13.7. The fraction of sp³-hybridized carbons (Fsp3) is 0.464. The van der Waals surface area contributed by atoms with Crippen molar-refractivity contribution in [2.24, 2.45) is 0 Å². The van der Waals surface area contributed by atoms with Gasteiger partial charge in [-0.2, -0.15) is 10.2 Å². The van der Waals surface area contributed by atoms with Crippen LogP contribution in [-0.4, -0.2) is 69.6 Å². The summed E-state index contributed by atoms with van der Waals surface area (Å²) < 4.78 is 50.1. The summed E-state index contributed by atoms with van der Waals surface area (Å²) in [5.41, 5.74) is 5.32. The number of hydrogen-bond acceptors (Lipinski definition) is 13. The van der Waals surface area contributed by atoms with Gasteiger partial charge in [0.15, 0.2) is 18.0 Å². The maximum atomic E-state index is 14.1. The van der Waals surface area contributed by atoms with Crippen LogP contribution in [-0.2, 0) is 42.4 Å². The molecule has 2 aromatic heterocycles. The zero-order chi connectivity index (χ0) is 32.1. The van der Waals surface area contributed by atoms with Crippen molar-refractivity contribution < 1.29 is 46.9 Å². The van der Waals surface area contributed by atoms with Crippen molar-refractivity contribution in [1.82, 2.24) is 19.7 Å². The van der Waals surface area contributed by atoms with Crippen molar-refractivity contribution in [3.05, 3.63) is 54.5 Å². The minimum absolute atomic E-state index is 0.176. The van der Waals surface area contributed by atoms with Gasteiger partial charge in [0.05, 0.1) is 18.9 Å². The van der Waals surface area contributed by atoms with Crippen molar-refractivity contribution in [3.63, 3.8) is 0 Å². The number of nitrogens with two attached hydrogens (primary N) is 1. The molecular weight excluding hydrogens is 597 g/mol. The molecule has 0 saturated carbocycles. The molecular formula is C28H36N5O10P. The molecule has 6 atom stereocenters. The first-order valence-corrected chi connectivity index (χ1v) is 15.4. The van der Waals surface area contributed by atoms with Gasteiger partial charge < -0.3 is 29.2 Å². The van der Waals surface area contributed by atoms with Crippen LogP contribution in [0.1, 0.15) is 52.8 Å². The number of aromatic nitrogens is 3. The minimum atomic E-state index is -4.33. The van der Waals surface area contributed by atoms with Crippen LogP contribution in [0.15, 0.2) is 48.8 Å². The van der Waals surface area contributed by atoms with Crippen molar-refractivity contribution in [2.75, 3.05) is 18.9 Å². The first-order valence-electron chi connectivity index (χ1n) is 13.9. The van der Waals surface area contributed by atoms with Gasteiger partial charge in [0.1, 0.15) is 35.3 Å². The summed E-state index contributed by atoms with van der Waals surface area (Å²) in [6, 6.07) is 10.4. The lowest BCUT2D eigenvalue weighted by Crippen LogP contribution is -2.48. The van der Waals surface area contributed by atoms with E-state index in [0.29, 0.717) is 17.6 Å². The Kier molecular flexibility index (Phi) is 10.3. The normalized spacial score (nSPS) is 23.4. The van der Waals surface area contributed by atoms with Gasteiger partial charge in [0.25, 0.3) is 0 Å². The molecule has 1 saturated heterocycles. The Balaban J connectivity index is 1.68. The summed E-state index contributed by atoms with van der Waals surface area (Å²) in [7, 11) is -4.33. The summed E-state index contributed by atoms with van der Waals surface area (Å²) in [6.07, 6.45) is -1.61. The molecule has 44 heavy (non-hydrogen) atoms. The third-order valence-electron chi connectivity index (χ3n) is 6.64. The average molecular weight is 634 g/mol. The number of rotatable bonds is 13. The monoisotopic (exact) mass is 633 g/mol. The third-order valence-corrected chi connectivity index (χ3v) is 8.26. The van der Waals surface area contributed by atoms with Crippen molar-refractivity contribution in [3.8, 4) is 5.75 Å². The molecule has 238 valence electrons. The number of nitrogens with zero attached hydrogens (tertiary/aromatic N) is 3. The average Bonchev–Trinajstić information content (AvgIpc) is 3.51. The number of nitrogen functional groups attached to an aromatic ring is 1. The van der Waals surface area contributed by atoms with E-state index in [4.69, 9.17) is 33.7 Å².